The van der Waals surface area contributed by atoms with E-state index in [-0.39, 0.29) is 17.5 Å². The van der Waals surface area contributed by atoms with Crippen LogP contribution in [0.4, 0.5) is 0 Å². The van der Waals surface area contributed by atoms with Crippen molar-refractivity contribution < 1.29 is 23.9 Å². The normalized spacial score (nSPS) is 29.7. The van der Waals surface area contributed by atoms with Crippen molar-refractivity contribution in [3.63, 3.8) is 0 Å². The molecule has 6 heteroatoms. The Hall–Kier alpha value is -1.27. The van der Waals surface area contributed by atoms with E-state index in [1.165, 1.54) is 0 Å². The molecule has 0 bridgehead atoms. The first-order valence-corrected chi connectivity index (χ1v) is 9.25. The molecule has 0 aromatic rings. The summed E-state index contributed by atoms with van der Waals surface area (Å²) in [5, 5.41) is 0. The minimum atomic E-state index is -1.15. The molecular formula is C18H27NO5. The lowest BCUT2D eigenvalue weighted by atomic mass is 9.80. The number of ketones is 2. The molecule has 0 aromatic heterocycles. The van der Waals surface area contributed by atoms with Gasteiger partial charge in [0, 0.05) is 19.0 Å². The average molecular weight is 337 g/mol. The number of cyclic esters (lactones) is 1. The molecule has 1 saturated carbocycles. The Labute approximate surface area is 142 Å². The molecule has 134 valence electrons. The molecule has 24 heavy (non-hydrogen) atoms. The molecule has 0 radical (unpaired) electrons. The molecule has 2 heterocycles. The highest BCUT2D eigenvalue weighted by Crippen LogP contribution is 2.31. The summed E-state index contributed by atoms with van der Waals surface area (Å²) in [4.78, 5) is 39.4. The fourth-order valence-corrected chi connectivity index (χ4v) is 3.97. The van der Waals surface area contributed by atoms with E-state index >= 15 is 0 Å². The van der Waals surface area contributed by atoms with Crippen molar-refractivity contribution in [2.45, 2.75) is 51.0 Å². The molecule has 6 nitrogen and oxygen atoms in total. The third-order valence-corrected chi connectivity index (χ3v) is 5.43. The van der Waals surface area contributed by atoms with Crippen molar-refractivity contribution in [3.8, 4) is 0 Å². The van der Waals surface area contributed by atoms with Crippen LogP contribution in [0, 0.1) is 11.8 Å². The number of rotatable bonds is 6. The summed E-state index contributed by atoms with van der Waals surface area (Å²) in [7, 11) is 0. The van der Waals surface area contributed by atoms with Gasteiger partial charge in [0.05, 0.1) is 13.2 Å². The SMILES string of the molecule is O=C1OC(CCCN2CCOCC2)C(=O)C1C(=O)C1CCCCC1. The van der Waals surface area contributed by atoms with E-state index in [1.54, 1.807) is 0 Å². The van der Waals surface area contributed by atoms with Crippen molar-refractivity contribution in [2.75, 3.05) is 32.8 Å². The number of morpholine rings is 1. The van der Waals surface area contributed by atoms with Gasteiger partial charge in [0.1, 0.15) is 0 Å². The lowest BCUT2D eigenvalue weighted by Crippen LogP contribution is -2.37. The van der Waals surface area contributed by atoms with Crippen molar-refractivity contribution >= 4 is 17.5 Å². The van der Waals surface area contributed by atoms with Gasteiger partial charge in [-0.3, -0.25) is 19.3 Å². The highest BCUT2D eigenvalue weighted by atomic mass is 16.6. The largest absolute Gasteiger partial charge is 0.453 e. The topological polar surface area (TPSA) is 72.9 Å². The Morgan fingerprint density at radius 1 is 1.08 bits per heavy atom. The lowest BCUT2D eigenvalue weighted by molar-refractivity contribution is -0.148. The lowest BCUT2D eigenvalue weighted by Gasteiger charge is -2.26. The monoisotopic (exact) mass is 337 g/mol. The maximum absolute atomic E-state index is 12.5. The van der Waals surface area contributed by atoms with Crippen LogP contribution in [0.3, 0.4) is 0 Å². The van der Waals surface area contributed by atoms with Gasteiger partial charge in [0.15, 0.2) is 23.6 Å². The number of Topliss-reactive ketones (excluding diaryl/α,β-unsaturated/α-hetero) is 2. The summed E-state index contributed by atoms with van der Waals surface area (Å²) in [6.07, 6.45) is 5.33. The Morgan fingerprint density at radius 3 is 2.50 bits per heavy atom. The third-order valence-electron chi connectivity index (χ3n) is 5.43. The molecule has 3 aliphatic rings. The molecule has 2 unspecified atom stereocenters. The quantitative estimate of drug-likeness (QED) is 0.538. The number of ether oxygens (including phenoxy) is 2. The van der Waals surface area contributed by atoms with Gasteiger partial charge < -0.3 is 9.47 Å². The summed E-state index contributed by atoms with van der Waals surface area (Å²) < 4.78 is 10.5. The fraction of sp³-hybridized carbons (Fsp3) is 0.833. The summed E-state index contributed by atoms with van der Waals surface area (Å²) in [5.74, 6) is -2.40. The Morgan fingerprint density at radius 2 is 1.79 bits per heavy atom. The first kappa shape index (κ1) is 17.5. The summed E-state index contributed by atoms with van der Waals surface area (Å²) >= 11 is 0. The first-order chi connectivity index (χ1) is 11.7. The minimum Gasteiger partial charge on any atom is -0.453 e. The standard InChI is InChI=1S/C18H27NO5/c20-16(13-5-2-1-3-6-13)15-17(21)14(24-18(15)22)7-4-8-19-9-11-23-12-10-19/h13-15H,1-12H2. The van der Waals surface area contributed by atoms with E-state index in [0.29, 0.717) is 6.42 Å². The second kappa shape index (κ2) is 8.21. The fourth-order valence-electron chi connectivity index (χ4n) is 3.97. The van der Waals surface area contributed by atoms with E-state index in [4.69, 9.17) is 9.47 Å². The molecule has 1 aliphatic carbocycles. The second-order valence-electron chi connectivity index (χ2n) is 7.09. The smallest absolute Gasteiger partial charge is 0.325 e. The molecule has 0 N–H and O–H groups in total. The molecule has 3 rings (SSSR count). The Bertz CT molecular complexity index is 480. The minimum absolute atomic E-state index is 0.132. The van der Waals surface area contributed by atoms with Gasteiger partial charge in [-0.15, -0.1) is 0 Å². The summed E-state index contributed by atoms with van der Waals surface area (Å²) in [6, 6.07) is 0. The van der Waals surface area contributed by atoms with Crippen LogP contribution in [0.25, 0.3) is 0 Å². The van der Waals surface area contributed by atoms with E-state index in [1.807, 2.05) is 0 Å². The molecule has 0 aromatic carbocycles. The van der Waals surface area contributed by atoms with Crippen LogP contribution in [0.2, 0.25) is 0 Å². The molecule has 3 fully saturated rings. The summed E-state index contributed by atoms with van der Waals surface area (Å²) in [6.45, 7) is 4.17. The zero-order valence-electron chi connectivity index (χ0n) is 14.2. The van der Waals surface area contributed by atoms with Gasteiger partial charge in [0.2, 0.25) is 0 Å². The number of hydrogen-bond acceptors (Lipinski definition) is 6. The third kappa shape index (κ3) is 4.03. The predicted molar refractivity (Wildman–Crippen MR) is 86.5 cm³/mol. The van der Waals surface area contributed by atoms with Gasteiger partial charge in [-0.05, 0) is 32.2 Å². The highest BCUT2D eigenvalue weighted by molar-refractivity contribution is 6.22. The molecular weight excluding hydrogens is 310 g/mol. The molecule has 2 saturated heterocycles. The Balaban J connectivity index is 1.48. The second-order valence-corrected chi connectivity index (χ2v) is 7.09. The van der Waals surface area contributed by atoms with Gasteiger partial charge in [-0.2, -0.15) is 0 Å². The van der Waals surface area contributed by atoms with Crippen LogP contribution in [0.1, 0.15) is 44.9 Å². The zero-order chi connectivity index (χ0) is 16.9. The first-order valence-electron chi connectivity index (χ1n) is 9.25. The van der Waals surface area contributed by atoms with Crippen molar-refractivity contribution in [2.24, 2.45) is 11.8 Å². The molecule has 0 spiro atoms. The van der Waals surface area contributed by atoms with Crippen LogP contribution in [-0.2, 0) is 23.9 Å². The summed E-state index contributed by atoms with van der Waals surface area (Å²) in [5.41, 5.74) is 0. The van der Waals surface area contributed by atoms with Crippen molar-refractivity contribution in [1.29, 1.82) is 0 Å². The van der Waals surface area contributed by atoms with Crippen LogP contribution in [-0.4, -0.2) is 61.4 Å². The number of carbonyl (C=O) groups excluding carboxylic acids is 3. The maximum Gasteiger partial charge on any atom is 0.325 e. The van der Waals surface area contributed by atoms with Gasteiger partial charge in [-0.1, -0.05) is 19.3 Å². The van der Waals surface area contributed by atoms with Gasteiger partial charge in [-0.25, -0.2) is 0 Å². The molecule has 2 atom stereocenters. The van der Waals surface area contributed by atoms with Crippen LogP contribution in [0.15, 0.2) is 0 Å². The van der Waals surface area contributed by atoms with E-state index in [2.05, 4.69) is 4.90 Å². The van der Waals surface area contributed by atoms with Crippen LogP contribution in [0.5, 0.6) is 0 Å². The molecule has 0 amide bonds. The van der Waals surface area contributed by atoms with E-state index in [9.17, 15) is 14.4 Å². The zero-order valence-corrected chi connectivity index (χ0v) is 14.2. The van der Waals surface area contributed by atoms with Crippen molar-refractivity contribution in [1.82, 2.24) is 4.90 Å². The van der Waals surface area contributed by atoms with E-state index in [0.717, 1.165) is 71.4 Å². The number of nitrogens with zero attached hydrogens (tertiary/aromatic N) is 1. The Kier molecular flexibility index (Phi) is 6.00. The van der Waals surface area contributed by atoms with Crippen LogP contribution >= 0.6 is 0 Å². The van der Waals surface area contributed by atoms with Gasteiger partial charge >= 0.3 is 5.97 Å². The molecule has 2 aliphatic heterocycles. The maximum atomic E-state index is 12.5. The van der Waals surface area contributed by atoms with E-state index < -0.39 is 18.0 Å². The number of hydrogen-bond donors (Lipinski definition) is 0. The number of carbonyl (C=O) groups is 3. The van der Waals surface area contributed by atoms with Gasteiger partial charge in [0.25, 0.3) is 0 Å². The van der Waals surface area contributed by atoms with Crippen LogP contribution < -0.4 is 0 Å². The predicted octanol–water partition coefficient (Wildman–Crippen LogP) is 1.36. The average Bonchev–Trinajstić information content (AvgIpc) is 2.90. The van der Waals surface area contributed by atoms with Crippen molar-refractivity contribution in [3.05, 3.63) is 0 Å². The number of esters is 1. The highest BCUT2D eigenvalue weighted by Gasteiger charge is 2.49.